The van der Waals surface area contributed by atoms with E-state index in [1.54, 1.807) is 0 Å². The molecule has 102 valence electrons. The summed E-state index contributed by atoms with van der Waals surface area (Å²) in [5, 5.41) is 0. The average Bonchev–Trinajstić information content (AvgIpc) is 2.16. The van der Waals surface area contributed by atoms with Crippen molar-refractivity contribution in [2.24, 2.45) is 0 Å². The van der Waals surface area contributed by atoms with Crippen LogP contribution in [0.1, 0.15) is 5.56 Å². The molecule has 0 aliphatic carbocycles. The van der Waals surface area contributed by atoms with Crippen LogP contribution in [0, 0.1) is 5.82 Å². The van der Waals surface area contributed by atoms with Crippen LogP contribution in [0.2, 0.25) is 0 Å². The number of halogens is 2. The van der Waals surface area contributed by atoms with E-state index in [1.807, 2.05) is 0 Å². The van der Waals surface area contributed by atoms with Crippen LogP contribution in [0.4, 0.5) is 4.39 Å². The van der Waals surface area contributed by atoms with Crippen molar-refractivity contribution >= 4 is 29.6 Å². The largest absolute Gasteiger partial charge is 0.495 e. The molecule has 5 nitrogen and oxygen atoms in total. The monoisotopic (exact) mass is 316 g/mol. The van der Waals surface area contributed by atoms with E-state index >= 15 is 0 Å². The molecule has 0 radical (unpaired) electrons. The van der Waals surface area contributed by atoms with Crippen molar-refractivity contribution in [2.75, 3.05) is 13.4 Å². The highest BCUT2D eigenvalue weighted by atomic mass is 35.7. The average molecular weight is 317 g/mol. The number of sulfone groups is 1. The highest BCUT2D eigenvalue weighted by Crippen LogP contribution is 2.30. The molecule has 0 fully saturated rings. The fourth-order valence-electron chi connectivity index (χ4n) is 1.38. The van der Waals surface area contributed by atoms with Gasteiger partial charge in [-0.1, -0.05) is 6.07 Å². The van der Waals surface area contributed by atoms with E-state index in [9.17, 15) is 21.2 Å². The number of methoxy groups -OCH3 is 1. The van der Waals surface area contributed by atoms with Crippen LogP contribution in [0.3, 0.4) is 0 Å². The summed E-state index contributed by atoms with van der Waals surface area (Å²) in [7, 11) is -1.69. The molecule has 0 unspecified atom stereocenters. The van der Waals surface area contributed by atoms with Gasteiger partial charge in [-0.25, -0.2) is 21.2 Å². The quantitative estimate of drug-likeness (QED) is 0.783. The molecule has 1 rings (SSSR count). The van der Waals surface area contributed by atoms with E-state index in [4.69, 9.17) is 15.4 Å². The lowest BCUT2D eigenvalue weighted by atomic mass is 10.2. The molecule has 0 aliphatic heterocycles. The van der Waals surface area contributed by atoms with Gasteiger partial charge in [-0.05, 0) is 6.07 Å². The fourth-order valence-corrected chi connectivity index (χ4v) is 3.30. The summed E-state index contributed by atoms with van der Waals surface area (Å²) in [6.45, 7) is 0. The van der Waals surface area contributed by atoms with Crippen LogP contribution >= 0.6 is 10.7 Å². The molecular formula is C9H10ClFO5S2. The van der Waals surface area contributed by atoms with Gasteiger partial charge in [-0.15, -0.1) is 0 Å². The predicted octanol–water partition coefficient (Wildman–Crippen LogP) is 1.31. The van der Waals surface area contributed by atoms with Crippen molar-refractivity contribution in [2.45, 2.75) is 10.6 Å². The van der Waals surface area contributed by atoms with Crippen LogP contribution in [0.25, 0.3) is 0 Å². The molecule has 0 saturated heterocycles. The van der Waals surface area contributed by atoms with Crippen LogP contribution in [-0.2, 0) is 24.6 Å². The maximum absolute atomic E-state index is 14.0. The normalized spacial score (nSPS) is 12.4. The van der Waals surface area contributed by atoms with Gasteiger partial charge in [0, 0.05) is 22.5 Å². The van der Waals surface area contributed by atoms with Crippen molar-refractivity contribution in [3.63, 3.8) is 0 Å². The van der Waals surface area contributed by atoms with Crippen LogP contribution < -0.4 is 4.74 Å². The molecular weight excluding hydrogens is 307 g/mol. The van der Waals surface area contributed by atoms with Gasteiger partial charge in [0.25, 0.3) is 0 Å². The Morgan fingerprint density at radius 1 is 1.28 bits per heavy atom. The van der Waals surface area contributed by atoms with E-state index in [1.165, 1.54) is 13.2 Å². The van der Waals surface area contributed by atoms with Crippen LogP contribution in [-0.4, -0.2) is 30.2 Å². The van der Waals surface area contributed by atoms with Gasteiger partial charge in [0.15, 0.2) is 9.84 Å². The maximum Gasteiger partial charge on any atom is 0.236 e. The second-order valence-corrected chi connectivity index (χ2v) is 8.25. The molecule has 9 heteroatoms. The minimum absolute atomic E-state index is 0.189. The SMILES string of the molecule is COc1ccc(CS(=O)(=O)Cl)c(F)c1S(C)(=O)=O. The number of ether oxygens (including phenoxy) is 1. The molecule has 0 spiro atoms. The van der Waals surface area contributed by atoms with Gasteiger partial charge in [0.05, 0.1) is 12.9 Å². The third kappa shape index (κ3) is 3.56. The van der Waals surface area contributed by atoms with E-state index < -0.39 is 35.4 Å². The standard InChI is InChI=1S/C9H10ClFO5S2/c1-16-7-4-3-6(5-18(10,14)15)8(11)9(7)17(2,12)13/h3-4H,5H2,1-2H3. The summed E-state index contributed by atoms with van der Waals surface area (Å²) in [5.41, 5.74) is -0.328. The molecule has 0 atom stereocenters. The summed E-state index contributed by atoms with van der Waals surface area (Å²) in [4.78, 5) is -0.678. The molecule has 0 N–H and O–H groups in total. The first kappa shape index (κ1) is 15.2. The molecule has 0 saturated carbocycles. The lowest BCUT2D eigenvalue weighted by Crippen LogP contribution is -2.08. The molecule has 0 bridgehead atoms. The molecule has 1 aromatic rings. The minimum atomic E-state index is -3.98. The summed E-state index contributed by atoms with van der Waals surface area (Å²) < 4.78 is 63.4. The van der Waals surface area contributed by atoms with Gasteiger partial charge in [-0.2, -0.15) is 0 Å². The van der Waals surface area contributed by atoms with Crippen molar-refractivity contribution < 1.29 is 26.0 Å². The Morgan fingerprint density at radius 2 is 1.83 bits per heavy atom. The molecule has 0 amide bonds. The van der Waals surface area contributed by atoms with E-state index in [-0.39, 0.29) is 11.3 Å². The second kappa shape index (κ2) is 5.02. The zero-order chi connectivity index (χ0) is 14.1. The second-order valence-electron chi connectivity index (χ2n) is 3.53. The van der Waals surface area contributed by atoms with Crippen molar-refractivity contribution in [1.82, 2.24) is 0 Å². The Bertz CT molecular complexity index is 666. The maximum atomic E-state index is 14.0. The molecule has 0 aromatic heterocycles. The van der Waals surface area contributed by atoms with E-state index in [0.29, 0.717) is 0 Å². The lowest BCUT2D eigenvalue weighted by molar-refractivity contribution is 0.394. The molecule has 18 heavy (non-hydrogen) atoms. The van der Waals surface area contributed by atoms with Crippen LogP contribution in [0.15, 0.2) is 17.0 Å². The Balaban J connectivity index is 3.54. The van der Waals surface area contributed by atoms with Gasteiger partial charge in [-0.3, -0.25) is 0 Å². The Morgan fingerprint density at radius 3 is 2.22 bits per heavy atom. The van der Waals surface area contributed by atoms with Gasteiger partial charge in [0.2, 0.25) is 9.05 Å². The van der Waals surface area contributed by atoms with Gasteiger partial charge in [0.1, 0.15) is 16.5 Å². The molecule has 0 heterocycles. The number of benzene rings is 1. The molecule has 0 aliphatic rings. The number of hydrogen-bond acceptors (Lipinski definition) is 5. The highest BCUT2D eigenvalue weighted by molar-refractivity contribution is 8.13. The first-order valence-electron chi connectivity index (χ1n) is 4.54. The summed E-state index contributed by atoms with van der Waals surface area (Å²) in [6, 6.07) is 2.29. The Kier molecular flexibility index (Phi) is 4.24. The topological polar surface area (TPSA) is 77.5 Å². The van der Waals surface area contributed by atoms with Crippen LogP contribution in [0.5, 0.6) is 5.75 Å². The summed E-state index contributed by atoms with van der Waals surface area (Å²) >= 11 is 0. The van der Waals surface area contributed by atoms with E-state index in [0.717, 1.165) is 12.3 Å². The fraction of sp³-hybridized carbons (Fsp3) is 0.333. The first-order valence-corrected chi connectivity index (χ1v) is 8.91. The van der Waals surface area contributed by atoms with Crippen molar-refractivity contribution in [3.8, 4) is 5.75 Å². The first-order chi connectivity index (χ1) is 8.06. The van der Waals surface area contributed by atoms with Gasteiger partial charge >= 0.3 is 0 Å². The highest BCUT2D eigenvalue weighted by Gasteiger charge is 2.24. The summed E-state index contributed by atoms with van der Waals surface area (Å²) in [5.74, 6) is -2.15. The van der Waals surface area contributed by atoms with E-state index in [2.05, 4.69) is 0 Å². The third-order valence-corrected chi connectivity index (χ3v) is 4.16. The minimum Gasteiger partial charge on any atom is -0.495 e. The zero-order valence-electron chi connectivity index (χ0n) is 9.48. The third-order valence-electron chi connectivity index (χ3n) is 2.06. The molecule has 1 aromatic carbocycles. The predicted molar refractivity (Wildman–Crippen MR) is 64.5 cm³/mol. The van der Waals surface area contributed by atoms with Crippen molar-refractivity contribution in [3.05, 3.63) is 23.5 Å². The zero-order valence-corrected chi connectivity index (χ0v) is 11.9. The number of rotatable bonds is 4. The lowest BCUT2D eigenvalue weighted by Gasteiger charge is -2.10. The summed E-state index contributed by atoms with van der Waals surface area (Å²) in [6.07, 6.45) is 0.799. The Hall–Kier alpha value is -0.860. The van der Waals surface area contributed by atoms with Gasteiger partial charge < -0.3 is 4.74 Å². The smallest absolute Gasteiger partial charge is 0.236 e. The van der Waals surface area contributed by atoms with Crippen molar-refractivity contribution in [1.29, 1.82) is 0 Å². The Labute approximate surface area is 109 Å². The number of hydrogen-bond donors (Lipinski definition) is 0.